The Morgan fingerprint density at radius 1 is 0.683 bits per heavy atom. The maximum Gasteiger partial charge on any atom is 0.373 e. The zero-order valence-electron chi connectivity index (χ0n) is 45.9. The van der Waals surface area contributed by atoms with Crippen molar-refractivity contribution in [3.05, 3.63) is 155 Å². The third kappa shape index (κ3) is 14.2. The Kier molecular flexibility index (Phi) is 20.0. The summed E-state index contributed by atoms with van der Waals surface area (Å²) < 4.78 is 107. The number of rotatable bonds is 17. The first-order chi connectivity index (χ1) is 38.2. The van der Waals surface area contributed by atoms with Crippen LogP contribution in [-0.2, 0) is 63.2 Å². The Labute approximate surface area is 476 Å². The molecule has 1 N–H and O–H groups in total. The molecule has 2 fully saturated rings. The number of benzene rings is 5. The summed E-state index contributed by atoms with van der Waals surface area (Å²) in [7, 11) is -8.01. The van der Waals surface area contributed by atoms with E-state index in [4.69, 9.17) is 35.5 Å². The molecule has 7 aromatic rings. The molecule has 23 heteroatoms. The van der Waals surface area contributed by atoms with E-state index in [2.05, 4.69) is 9.94 Å². The number of aliphatic carboxylic acids is 1. The first-order valence-electron chi connectivity index (χ1n) is 26.0. The average Bonchev–Trinajstić information content (AvgIpc) is 2.16. The molecule has 5 aromatic carbocycles. The molecule has 0 spiro atoms. The highest BCUT2D eigenvalue weighted by Gasteiger charge is 2.55. The van der Waals surface area contributed by atoms with E-state index in [0.717, 1.165) is 9.87 Å². The number of ether oxygens (including phenoxy) is 3. The Morgan fingerprint density at radius 2 is 1.12 bits per heavy atom. The van der Waals surface area contributed by atoms with Crippen molar-refractivity contribution < 1.29 is 64.1 Å². The largest absolute Gasteiger partial charge is 0.491 e. The molecule has 2 saturated heterocycles. The van der Waals surface area contributed by atoms with Crippen LogP contribution >= 0.6 is 0 Å². The quantitative estimate of drug-likeness (QED) is 0.0661. The van der Waals surface area contributed by atoms with Crippen LogP contribution in [0.15, 0.2) is 125 Å². The highest BCUT2D eigenvalue weighted by atomic mass is 32.2. The molecule has 0 unspecified atom stereocenters. The summed E-state index contributed by atoms with van der Waals surface area (Å²) in [6.07, 6.45) is 0.422. The maximum atomic E-state index is 14.5. The van der Waals surface area contributed by atoms with Gasteiger partial charge in [-0.2, -0.15) is 24.1 Å². The van der Waals surface area contributed by atoms with Crippen LogP contribution in [0.25, 0.3) is 26.7 Å². The summed E-state index contributed by atoms with van der Waals surface area (Å²) in [6, 6.07) is 29.5. The Balaban J connectivity index is 0.000000253. The molecule has 4 atom stereocenters. The zero-order valence-corrected chi connectivity index (χ0v) is 47.6. The molecule has 0 saturated carbocycles. The van der Waals surface area contributed by atoms with Crippen molar-refractivity contribution in [2.75, 3.05) is 13.1 Å². The van der Waals surface area contributed by atoms with Crippen LogP contribution in [0.1, 0.15) is 105 Å². The van der Waals surface area contributed by atoms with Crippen LogP contribution < -0.4 is 9.47 Å². The fourth-order valence-electron chi connectivity index (χ4n) is 10.4. The average molecular weight is 1170 g/mol. The minimum absolute atomic E-state index is 0. The zero-order chi connectivity index (χ0) is 59.2. The Morgan fingerprint density at radius 3 is 1.56 bits per heavy atom. The number of nitrogens with zero attached hydrogens (tertiary/aromatic N) is 7. The Hall–Kier alpha value is -7.87. The summed E-state index contributed by atoms with van der Waals surface area (Å²) >= 11 is 0. The lowest BCUT2D eigenvalue weighted by atomic mass is 9.90. The van der Waals surface area contributed by atoms with E-state index in [1.54, 1.807) is 65.3 Å². The van der Waals surface area contributed by atoms with Gasteiger partial charge in [0.1, 0.15) is 23.1 Å². The standard InChI is InChI=1S/C33H38FN3O5S.C24H25FN4O5S.CO2.CH4/c1-22(2)41-27-12-14-28(15-13-27)43(39,40)36-21-26(20-33(36,5)19-24-9-7-6-8-10-24)37-31-17-25(34)11-16-29(31)30(35-37)18-32(38)42-23(3)4;1-15(2)34-18-6-8-19(9-7-18)35(32,33)28-14-17(13-24(28,3)26-4)29-22-11-16(25)5-10-20(22)21(27-29)12-23(30)31;2-1-3;/h6-17,22-23,26H,18-21H2,1-5H3;5-11,15,17H,12-14H2,1-3H3,(H,30,31);;1H4/t26-,33-;17-,24+;;/m11../s1. The van der Waals surface area contributed by atoms with Gasteiger partial charge in [0.05, 0.1) is 81.9 Å². The van der Waals surface area contributed by atoms with Gasteiger partial charge < -0.3 is 19.3 Å². The number of carbonyl (C=O) groups is 2. The highest BCUT2D eigenvalue weighted by molar-refractivity contribution is 7.89. The first kappa shape index (κ1) is 63.3. The van der Waals surface area contributed by atoms with Crippen molar-refractivity contribution in [1.82, 2.24) is 28.2 Å². The van der Waals surface area contributed by atoms with Crippen LogP contribution in [-0.4, -0.2) is 111 Å². The predicted molar refractivity (Wildman–Crippen MR) is 300 cm³/mol. The summed E-state index contributed by atoms with van der Waals surface area (Å²) in [5, 5.41) is 19.5. The van der Waals surface area contributed by atoms with E-state index in [1.807, 2.05) is 65.0 Å². The number of carboxylic acid groups (broad SMARTS) is 1. The summed E-state index contributed by atoms with van der Waals surface area (Å²) in [4.78, 5) is 43.9. The number of aromatic nitrogens is 4. The number of esters is 1. The molecule has 0 radical (unpaired) electrons. The normalized spacial score (nSPS) is 19.2. The summed E-state index contributed by atoms with van der Waals surface area (Å²) in [6.45, 7) is 22.4. The first-order valence-corrected chi connectivity index (χ1v) is 28.9. The van der Waals surface area contributed by atoms with Gasteiger partial charge in [-0.25, -0.2) is 32.2 Å². The van der Waals surface area contributed by atoms with E-state index in [9.17, 15) is 40.3 Å². The van der Waals surface area contributed by atoms with Crippen molar-refractivity contribution in [1.29, 1.82) is 0 Å². The maximum absolute atomic E-state index is 14.5. The van der Waals surface area contributed by atoms with Gasteiger partial charge in [0, 0.05) is 36.3 Å². The third-order valence-corrected chi connectivity index (χ3v) is 17.6. The molecule has 82 heavy (non-hydrogen) atoms. The number of sulfonamides is 2. The van der Waals surface area contributed by atoms with E-state index in [1.165, 1.54) is 54.1 Å². The van der Waals surface area contributed by atoms with Crippen LogP contribution in [0.4, 0.5) is 8.78 Å². The molecular weight excluding hydrogens is 1100 g/mol. The van der Waals surface area contributed by atoms with E-state index in [-0.39, 0.29) is 79.7 Å². The fraction of sp³-hybridized carbons (Fsp3) is 0.390. The SMILES string of the molecule is C.CC(C)OC(=O)Cc1nn([C@H]2CN(S(=O)(=O)c3ccc(OC(C)C)cc3)[C@](C)(Cc3ccccc3)C2)c2cc(F)ccc12.O=C=O.[C-]#[N+][C@]1(C)C[C@@H](n2nc(CC(=O)O)c3ccc(F)cc32)CN1S(=O)(=O)c1ccc(OC(C)C)cc1. The van der Waals surface area contributed by atoms with Gasteiger partial charge in [-0.05, 0) is 152 Å². The van der Waals surface area contributed by atoms with Crippen molar-refractivity contribution in [2.45, 2.75) is 146 Å². The minimum Gasteiger partial charge on any atom is -0.491 e. The third-order valence-electron chi connectivity index (χ3n) is 13.6. The summed E-state index contributed by atoms with van der Waals surface area (Å²) in [5.41, 5.74) is 0.350. The van der Waals surface area contributed by atoms with Gasteiger partial charge in [-0.15, -0.1) is 4.31 Å². The lowest BCUT2D eigenvalue weighted by molar-refractivity contribution is -0.191. The number of halogens is 2. The number of carbonyl (C=O) groups excluding carboxylic acids is 3. The highest BCUT2D eigenvalue weighted by Crippen LogP contribution is 2.45. The van der Waals surface area contributed by atoms with Gasteiger partial charge in [0.15, 0.2) is 0 Å². The molecule has 9 rings (SSSR count). The van der Waals surface area contributed by atoms with Crippen LogP contribution in [0.3, 0.4) is 0 Å². The number of fused-ring (bicyclic) bond motifs is 2. The predicted octanol–water partition coefficient (Wildman–Crippen LogP) is 10.0. The second-order valence-corrected chi connectivity index (χ2v) is 24.8. The van der Waals surface area contributed by atoms with Crippen molar-refractivity contribution >= 4 is 59.9 Å². The number of carboxylic acids is 1. The van der Waals surface area contributed by atoms with Gasteiger partial charge in [0.25, 0.3) is 0 Å². The van der Waals surface area contributed by atoms with Gasteiger partial charge in [0.2, 0.25) is 20.0 Å². The smallest absolute Gasteiger partial charge is 0.373 e. The van der Waals surface area contributed by atoms with Crippen molar-refractivity contribution in [3.63, 3.8) is 0 Å². The fourth-order valence-corrected chi connectivity index (χ4v) is 13.9. The Bertz CT molecular complexity index is 3710. The molecular formula is C59H67F2N7O12S2. The van der Waals surface area contributed by atoms with Crippen molar-refractivity contribution in [2.24, 2.45) is 0 Å². The molecule has 436 valence electrons. The number of hydrogen-bond acceptors (Lipinski definition) is 13. The lowest BCUT2D eigenvalue weighted by Gasteiger charge is -2.34. The van der Waals surface area contributed by atoms with E-state index >= 15 is 0 Å². The minimum atomic E-state index is -4.06. The van der Waals surface area contributed by atoms with Gasteiger partial charge in [-0.1, -0.05) is 37.8 Å². The lowest BCUT2D eigenvalue weighted by Crippen LogP contribution is -2.46. The topological polar surface area (TPSA) is 231 Å². The monoisotopic (exact) mass is 1170 g/mol. The van der Waals surface area contributed by atoms with Gasteiger partial charge >= 0.3 is 23.8 Å². The van der Waals surface area contributed by atoms with E-state index < -0.39 is 66.9 Å². The molecule has 4 heterocycles. The second-order valence-electron chi connectivity index (χ2n) is 21.0. The van der Waals surface area contributed by atoms with Crippen molar-refractivity contribution in [3.8, 4) is 11.5 Å². The summed E-state index contributed by atoms with van der Waals surface area (Å²) in [5.74, 6) is -1.37. The molecule has 2 aliphatic rings. The number of hydrogen-bond donors (Lipinski definition) is 1. The van der Waals surface area contributed by atoms with Crippen LogP contribution in [0, 0.1) is 18.2 Å². The molecule has 19 nitrogen and oxygen atoms in total. The van der Waals surface area contributed by atoms with Gasteiger partial charge in [-0.3, -0.25) is 23.8 Å². The van der Waals surface area contributed by atoms with Crippen LogP contribution in [0.5, 0.6) is 11.5 Å². The van der Waals surface area contributed by atoms with E-state index in [0.29, 0.717) is 51.8 Å². The molecule has 2 aliphatic heterocycles. The second kappa shape index (κ2) is 25.9. The molecule has 2 aromatic heterocycles. The van der Waals surface area contributed by atoms with Crippen LogP contribution in [0.2, 0.25) is 0 Å². The molecule has 0 bridgehead atoms. The molecule has 0 amide bonds. The molecule has 0 aliphatic carbocycles.